The molecule has 0 heterocycles. The number of sulfonamides is 1. The molecule has 18 heavy (non-hydrogen) atoms. The van der Waals surface area contributed by atoms with Crippen LogP contribution in [0, 0.1) is 0 Å². The predicted octanol–water partition coefficient (Wildman–Crippen LogP) is 0.633. The van der Waals surface area contributed by atoms with Gasteiger partial charge in [0.15, 0.2) is 0 Å². The summed E-state index contributed by atoms with van der Waals surface area (Å²) in [5.74, 6) is 0. The quantitative estimate of drug-likeness (QED) is 0.717. The molecule has 0 amide bonds. The van der Waals surface area contributed by atoms with Crippen molar-refractivity contribution in [3.63, 3.8) is 0 Å². The number of aliphatic hydroxyl groups is 1. The average Bonchev–Trinajstić information content (AvgIpc) is 2.33. The SMILES string of the molecule is CCCCC(O)C[Se]c1ccc(S(N)(=O)=O)cc1. The van der Waals surface area contributed by atoms with Gasteiger partial charge in [-0.2, -0.15) is 0 Å². The molecule has 0 aromatic heterocycles. The first kappa shape index (κ1) is 15.7. The molecule has 3 N–H and O–H groups in total. The molecule has 0 saturated carbocycles. The van der Waals surface area contributed by atoms with Crippen LogP contribution in [0.25, 0.3) is 0 Å². The minimum absolute atomic E-state index is 0.133. The standard InChI is InChI=1S/C12H19NO3SSe/c1-2-3-4-10(14)9-18-12-7-5-11(6-8-12)17(13,15)16/h5-8,10,14H,2-4,9H2,1H3,(H2,13,15,16). The van der Waals surface area contributed by atoms with Gasteiger partial charge in [0, 0.05) is 0 Å². The van der Waals surface area contributed by atoms with Crippen LogP contribution in [-0.2, 0) is 10.0 Å². The molecule has 1 atom stereocenters. The van der Waals surface area contributed by atoms with Gasteiger partial charge in [0.25, 0.3) is 0 Å². The molecule has 0 aliphatic heterocycles. The summed E-state index contributed by atoms with van der Waals surface area (Å²) in [5, 5.41) is 15.5. The fraction of sp³-hybridized carbons (Fsp3) is 0.500. The van der Waals surface area contributed by atoms with Crippen molar-refractivity contribution >= 4 is 29.4 Å². The molecule has 0 aliphatic rings. The van der Waals surface area contributed by atoms with E-state index in [1.807, 2.05) is 0 Å². The summed E-state index contributed by atoms with van der Waals surface area (Å²) in [4.78, 5) is 0.133. The summed E-state index contributed by atoms with van der Waals surface area (Å²) < 4.78 is 23.2. The third-order valence-corrected chi connectivity index (χ3v) is 5.84. The molecule has 1 unspecified atom stereocenters. The number of primary sulfonamides is 1. The predicted molar refractivity (Wildman–Crippen MR) is 73.5 cm³/mol. The van der Waals surface area contributed by atoms with Crippen molar-refractivity contribution in [3.05, 3.63) is 24.3 Å². The van der Waals surface area contributed by atoms with E-state index in [-0.39, 0.29) is 26.0 Å². The molecule has 4 nitrogen and oxygen atoms in total. The maximum absolute atomic E-state index is 11.1. The number of benzene rings is 1. The van der Waals surface area contributed by atoms with Gasteiger partial charge in [-0.15, -0.1) is 0 Å². The van der Waals surface area contributed by atoms with E-state index in [0.29, 0.717) is 0 Å². The van der Waals surface area contributed by atoms with E-state index in [1.165, 1.54) is 12.1 Å². The van der Waals surface area contributed by atoms with E-state index in [1.54, 1.807) is 12.1 Å². The van der Waals surface area contributed by atoms with Crippen LogP contribution < -0.4 is 9.60 Å². The van der Waals surface area contributed by atoms with E-state index >= 15 is 0 Å². The molecule has 1 rings (SSSR count). The Morgan fingerprint density at radius 1 is 1.33 bits per heavy atom. The number of nitrogens with two attached hydrogens (primary N) is 1. The second kappa shape index (κ2) is 7.26. The van der Waals surface area contributed by atoms with Gasteiger partial charge in [-0.05, 0) is 0 Å². The zero-order valence-electron chi connectivity index (χ0n) is 10.4. The van der Waals surface area contributed by atoms with Crippen LogP contribution in [0.2, 0.25) is 5.32 Å². The van der Waals surface area contributed by atoms with Gasteiger partial charge < -0.3 is 0 Å². The summed E-state index contributed by atoms with van der Waals surface area (Å²) in [5.41, 5.74) is 0. The number of hydrogen-bond donors (Lipinski definition) is 2. The molecule has 0 saturated heterocycles. The average molecular weight is 336 g/mol. The number of unbranched alkanes of at least 4 members (excludes halogenated alkanes) is 1. The molecule has 102 valence electrons. The van der Waals surface area contributed by atoms with Gasteiger partial charge in [-0.25, -0.2) is 0 Å². The molecule has 1 aromatic rings. The van der Waals surface area contributed by atoms with Crippen LogP contribution in [0.5, 0.6) is 0 Å². The molecule has 0 spiro atoms. The van der Waals surface area contributed by atoms with Crippen molar-refractivity contribution in [1.29, 1.82) is 0 Å². The van der Waals surface area contributed by atoms with Gasteiger partial charge in [0.1, 0.15) is 0 Å². The van der Waals surface area contributed by atoms with E-state index < -0.39 is 10.0 Å². The van der Waals surface area contributed by atoms with Gasteiger partial charge in [0.05, 0.1) is 0 Å². The first-order valence-corrected chi connectivity index (χ1v) is 9.48. The van der Waals surface area contributed by atoms with Crippen molar-refractivity contribution in [2.24, 2.45) is 5.14 Å². The van der Waals surface area contributed by atoms with Gasteiger partial charge in [-0.3, -0.25) is 0 Å². The number of rotatable bonds is 7. The summed E-state index contributed by atoms with van der Waals surface area (Å²) in [6.45, 7) is 2.10. The van der Waals surface area contributed by atoms with Gasteiger partial charge >= 0.3 is 115 Å². The Morgan fingerprint density at radius 2 is 1.94 bits per heavy atom. The zero-order valence-corrected chi connectivity index (χ0v) is 12.9. The van der Waals surface area contributed by atoms with Crippen molar-refractivity contribution in [3.8, 4) is 0 Å². The van der Waals surface area contributed by atoms with E-state index in [0.717, 1.165) is 29.0 Å². The Labute approximate surface area is 115 Å². The van der Waals surface area contributed by atoms with Crippen molar-refractivity contribution in [2.45, 2.75) is 42.5 Å². The molecule has 1 aromatic carbocycles. The molecular weight excluding hydrogens is 317 g/mol. The third kappa shape index (κ3) is 5.50. The Morgan fingerprint density at radius 3 is 2.44 bits per heavy atom. The number of hydrogen-bond acceptors (Lipinski definition) is 3. The summed E-state index contributed by atoms with van der Waals surface area (Å²) >= 11 is 0.171. The molecule has 0 fully saturated rings. The Hall–Kier alpha value is -0.391. The van der Waals surface area contributed by atoms with E-state index in [9.17, 15) is 13.5 Å². The van der Waals surface area contributed by atoms with Crippen LogP contribution >= 0.6 is 0 Å². The first-order chi connectivity index (χ1) is 8.43. The summed E-state index contributed by atoms with van der Waals surface area (Å²) in [6, 6.07) is 6.58. The van der Waals surface area contributed by atoms with Crippen molar-refractivity contribution < 1.29 is 13.5 Å². The second-order valence-electron chi connectivity index (χ2n) is 4.12. The Bertz CT molecular complexity index is 459. The van der Waals surface area contributed by atoms with Crippen molar-refractivity contribution in [2.75, 3.05) is 0 Å². The van der Waals surface area contributed by atoms with Crippen LogP contribution in [0.15, 0.2) is 29.2 Å². The fourth-order valence-corrected chi connectivity index (χ4v) is 3.80. The second-order valence-corrected chi connectivity index (χ2v) is 7.98. The molecule has 6 heteroatoms. The molecular formula is C12H19NO3SSe. The van der Waals surface area contributed by atoms with Crippen LogP contribution in [-0.4, -0.2) is 34.6 Å². The van der Waals surface area contributed by atoms with E-state index in [2.05, 4.69) is 6.92 Å². The van der Waals surface area contributed by atoms with Crippen LogP contribution in [0.3, 0.4) is 0 Å². The monoisotopic (exact) mass is 337 g/mol. The maximum atomic E-state index is 11.1. The van der Waals surface area contributed by atoms with Gasteiger partial charge in [0.2, 0.25) is 0 Å². The van der Waals surface area contributed by atoms with Gasteiger partial charge in [-0.1, -0.05) is 0 Å². The van der Waals surface area contributed by atoms with Crippen molar-refractivity contribution in [1.82, 2.24) is 0 Å². The summed E-state index contributed by atoms with van der Waals surface area (Å²) in [6.07, 6.45) is 2.73. The van der Waals surface area contributed by atoms with Crippen LogP contribution in [0.4, 0.5) is 0 Å². The number of aliphatic hydroxyl groups excluding tert-OH is 1. The first-order valence-electron chi connectivity index (χ1n) is 5.87. The topological polar surface area (TPSA) is 80.4 Å². The summed E-state index contributed by atoms with van der Waals surface area (Å²) in [7, 11) is -3.61. The Balaban J connectivity index is 2.49. The fourth-order valence-electron chi connectivity index (χ4n) is 1.44. The third-order valence-electron chi connectivity index (χ3n) is 2.49. The normalized spacial score (nSPS) is 13.5. The molecule has 0 bridgehead atoms. The molecule has 0 aliphatic carbocycles. The van der Waals surface area contributed by atoms with E-state index in [4.69, 9.17) is 5.14 Å². The minimum atomic E-state index is -3.61. The Kier molecular flexibility index (Phi) is 6.32. The van der Waals surface area contributed by atoms with Crippen LogP contribution in [0.1, 0.15) is 26.2 Å². The molecule has 0 radical (unpaired) electrons. The zero-order chi connectivity index (χ0) is 13.6.